The number of piperidine rings is 1. The minimum absolute atomic E-state index is 0.198. The number of nitrogens with one attached hydrogen (secondary N) is 3. The quantitative estimate of drug-likeness (QED) is 0.127. The second-order valence-corrected chi connectivity index (χ2v) is 23.5. The van der Waals surface area contributed by atoms with Gasteiger partial charge in [-0.25, -0.2) is 28.1 Å². The zero-order valence-corrected chi connectivity index (χ0v) is 46.8. The largest absolute Gasteiger partial charge is 0.342 e. The molecule has 1 saturated heterocycles. The molecule has 396 valence electrons. The Morgan fingerprint density at radius 3 is 1.57 bits per heavy atom. The molecular formula is C63H62Br2ClF3N8. The number of H-pyrrole nitrogens is 3. The molecule has 0 amide bonds. The Bertz CT molecular complexity index is 3360. The molecule has 8 nitrogen and oxygen atoms in total. The molecule has 77 heavy (non-hydrogen) atoms. The summed E-state index contributed by atoms with van der Waals surface area (Å²) in [6.07, 6.45) is 16.7. The average Bonchev–Trinajstić information content (AvgIpc) is 4.19. The minimum Gasteiger partial charge on any atom is -0.342 e. The molecule has 4 aromatic heterocycles. The van der Waals surface area contributed by atoms with E-state index in [-0.39, 0.29) is 17.5 Å². The van der Waals surface area contributed by atoms with Crippen LogP contribution in [-0.4, -0.2) is 59.4 Å². The summed E-state index contributed by atoms with van der Waals surface area (Å²) in [5, 5.41) is 1.67. The van der Waals surface area contributed by atoms with Crippen LogP contribution in [0.4, 0.5) is 13.2 Å². The topological polar surface area (TPSA) is 102 Å². The highest BCUT2D eigenvalue weighted by molar-refractivity contribution is 9.10. The lowest BCUT2D eigenvalue weighted by Crippen LogP contribution is -2.34. The van der Waals surface area contributed by atoms with Gasteiger partial charge >= 0.3 is 0 Å². The van der Waals surface area contributed by atoms with Crippen molar-refractivity contribution in [2.75, 3.05) is 19.6 Å². The zero-order valence-electron chi connectivity index (χ0n) is 42.9. The summed E-state index contributed by atoms with van der Waals surface area (Å²) >= 11 is 12.5. The highest BCUT2D eigenvalue weighted by Crippen LogP contribution is 2.39. The Morgan fingerprint density at radius 1 is 0.506 bits per heavy atom. The average molecular weight is 1180 g/mol. The van der Waals surface area contributed by atoms with E-state index < -0.39 is 0 Å². The maximum atomic E-state index is 13.8. The molecule has 2 aliphatic carbocycles. The molecule has 0 unspecified atom stereocenters. The predicted molar refractivity (Wildman–Crippen MR) is 312 cm³/mol. The summed E-state index contributed by atoms with van der Waals surface area (Å²) in [6.45, 7) is 3.05. The lowest BCUT2D eigenvalue weighted by molar-refractivity contribution is 0.214. The van der Waals surface area contributed by atoms with E-state index in [9.17, 15) is 13.2 Å². The van der Waals surface area contributed by atoms with E-state index in [0.29, 0.717) is 38.5 Å². The van der Waals surface area contributed by atoms with Crippen LogP contribution in [0.1, 0.15) is 116 Å². The van der Waals surface area contributed by atoms with E-state index in [1.54, 1.807) is 24.3 Å². The van der Waals surface area contributed by atoms with Gasteiger partial charge in [-0.05, 0) is 210 Å². The van der Waals surface area contributed by atoms with Crippen LogP contribution >= 0.6 is 43.5 Å². The predicted octanol–water partition coefficient (Wildman–Crippen LogP) is 17.3. The van der Waals surface area contributed by atoms with Crippen molar-refractivity contribution in [2.24, 2.45) is 11.8 Å². The number of nitrogens with zero attached hydrogens (tertiary/aromatic N) is 5. The molecule has 10 aromatic rings. The maximum Gasteiger partial charge on any atom is 0.139 e. The van der Waals surface area contributed by atoms with Crippen molar-refractivity contribution in [3.05, 3.63) is 199 Å². The first-order valence-electron chi connectivity index (χ1n) is 27.2. The highest BCUT2D eigenvalue weighted by atomic mass is 79.9. The van der Waals surface area contributed by atoms with E-state index in [1.165, 1.54) is 86.3 Å². The van der Waals surface area contributed by atoms with Crippen LogP contribution in [0, 0.1) is 29.3 Å². The molecule has 5 heterocycles. The standard InChI is InChI=1S/C23H22ClFN4.2C20H20BrFN2/c24-16-1-3-21-22(13-16)28-23(27-21)8-12-29-10-6-15(7-11-29)18-5-9-26-20-4-2-17(25)14-19(18)20;2*21-16-11-18-19(12-17(16)22)24-20(23-18)10-13-6-8-15(9-7-13)14-4-2-1-3-5-14/h1-5,9,13-15H,6-8,10-12H2,(H,27,28);2*1-5,11-13,15H,6-10H2,(H,23,24). The Hall–Kier alpha value is -5.86. The number of benzene rings is 6. The van der Waals surface area contributed by atoms with Gasteiger partial charge in [-0.1, -0.05) is 72.3 Å². The number of hydrogen-bond donors (Lipinski definition) is 3. The number of aromatic nitrogens is 7. The summed E-state index contributed by atoms with van der Waals surface area (Å²) in [5.41, 5.74) is 10.2. The van der Waals surface area contributed by atoms with Crippen molar-refractivity contribution in [1.82, 2.24) is 39.8 Å². The van der Waals surface area contributed by atoms with Gasteiger partial charge in [0, 0.05) is 54.5 Å². The zero-order chi connectivity index (χ0) is 52.8. The molecule has 3 N–H and O–H groups in total. The van der Waals surface area contributed by atoms with Crippen LogP contribution < -0.4 is 0 Å². The van der Waals surface area contributed by atoms with Gasteiger partial charge in [0.25, 0.3) is 0 Å². The third kappa shape index (κ3) is 13.2. The van der Waals surface area contributed by atoms with E-state index in [2.05, 4.69) is 138 Å². The van der Waals surface area contributed by atoms with Crippen molar-refractivity contribution in [3.8, 4) is 0 Å². The SMILES string of the molecule is Fc1cc2[nH]c(CC3CCC(c4ccccc4)CC3)nc2cc1Br.Fc1cc2[nH]c(CC3CCC(c4ccccc4)CC3)nc2cc1Br.Fc1ccc2nccc(C3CCN(CCc4nc5ccc(Cl)cc5[nH]4)CC3)c2c1. The first-order chi connectivity index (χ1) is 37.5. The van der Waals surface area contributed by atoms with Gasteiger partial charge in [0.2, 0.25) is 0 Å². The summed E-state index contributed by atoms with van der Waals surface area (Å²) in [7, 11) is 0. The number of halogens is 6. The summed E-state index contributed by atoms with van der Waals surface area (Å²) < 4.78 is 41.9. The lowest BCUT2D eigenvalue weighted by Gasteiger charge is -2.32. The number of imidazole rings is 3. The van der Waals surface area contributed by atoms with E-state index in [0.717, 1.165) is 118 Å². The molecule has 0 spiro atoms. The number of pyridine rings is 1. The molecule has 0 atom stereocenters. The molecule has 0 radical (unpaired) electrons. The van der Waals surface area contributed by atoms with Gasteiger partial charge in [-0.15, -0.1) is 0 Å². The van der Waals surface area contributed by atoms with Crippen LogP contribution in [0.2, 0.25) is 5.02 Å². The fraction of sp³-hybridized carbons (Fsp3) is 0.333. The Kier molecular flexibility index (Phi) is 16.9. The van der Waals surface area contributed by atoms with Gasteiger partial charge in [0.1, 0.15) is 34.9 Å². The van der Waals surface area contributed by atoms with Crippen molar-refractivity contribution < 1.29 is 13.2 Å². The van der Waals surface area contributed by atoms with Gasteiger partial charge in [0.15, 0.2) is 0 Å². The Balaban J connectivity index is 0.000000124. The molecule has 0 bridgehead atoms. The molecule has 1 aliphatic heterocycles. The van der Waals surface area contributed by atoms with Crippen LogP contribution in [0.25, 0.3) is 44.0 Å². The maximum absolute atomic E-state index is 13.8. The van der Waals surface area contributed by atoms with Crippen LogP contribution in [-0.2, 0) is 19.3 Å². The molecule has 3 fully saturated rings. The van der Waals surface area contributed by atoms with Gasteiger partial charge in [0.05, 0.1) is 47.6 Å². The summed E-state index contributed by atoms with van der Waals surface area (Å²) in [4.78, 5) is 30.7. The van der Waals surface area contributed by atoms with E-state index in [4.69, 9.17) is 11.6 Å². The van der Waals surface area contributed by atoms with Crippen LogP contribution in [0.3, 0.4) is 0 Å². The monoisotopic (exact) mass is 1180 g/mol. The summed E-state index contributed by atoms with van der Waals surface area (Å²) in [6, 6.07) is 40.9. The number of rotatable bonds is 10. The third-order valence-corrected chi connectivity index (χ3v) is 17.7. The van der Waals surface area contributed by atoms with Crippen molar-refractivity contribution in [3.63, 3.8) is 0 Å². The van der Waals surface area contributed by atoms with Crippen molar-refractivity contribution >= 4 is 87.5 Å². The highest BCUT2D eigenvalue weighted by Gasteiger charge is 2.26. The molecule has 14 heteroatoms. The molecule has 6 aromatic carbocycles. The van der Waals surface area contributed by atoms with E-state index >= 15 is 0 Å². The third-order valence-electron chi connectivity index (χ3n) is 16.3. The fourth-order valence-corrected chi connectivity index (χ4v) is 12.9. The second-order valence-electron chi connectivity index (χ2n) is 21.4. The van der Waals surface area contributed by atoms with Crippen molar-refractivity contribution in [1.29, 1.82) is 0 Å². The fourth-order valence-electron chi connectivity index (χ4n) is 12.1. The van der Waals surface area contributed by atoms with E-state index in [1.807, 2.05) is 24.4 Å². The van der Waals surface area contributed by atoms with Gasteiger partial charge < -0.3 is 19.9 Å². The summed E-state index contributed by atoms with van der Waals surface area (Å²) in [5.74, 6) is 5.44. The van der Waals surface area contributed by atoms with Crippen LogP contribution in [0.15, 0.2) is 143 Å². The number of likely N-dealkylation sites (tertiary alicyclic amines) is 1. The second kappa shape index (κ2) is 24.4. The Morgan fingerprint density at radius 2 is 1.01 bits per heavy atom. The minimum atomic E-state index is -0.249. The number of aromatic amines is 3. The number of fused-ring (bicyclic) bond motifs is 4. The Labute approximate surface area is 469 Å². The first-order valence-corrected chi connectivity index (χ1v) is 29.2. The molecule has 2 saturated carbocycles. The normalized spacial score (nSPS) is 19.3. The van der Waals surface area contributed by atoms with Gasteiger partial charge in [-0.3, -0.25) is 4.98 Å². The smallest absolute Gasteiger partial charge is 0.139 e. The first kappa shape index (κ1) is 53.2. The van der Waals surface area contributed by atoms with Gasteiger partial charge in [-0.2, -0.15) is 0 Å². The van der Waals surface area contributed by atoms with Crippen LogP contribution in [0.5, 0.6) is 0 Å². The number of hydrogen-bond acceptors (Lipinski definition) is 5. The van der Waals surface area contributed by atoms with Crippen molar-refractivity contribution in [2.45, 2.75) is 101 Å². The molecule has 3 aliphatic rings. The molecule has 13 rings (SSSR count). The molecular weight excluding hydrogens is 1120 g/mol. The lowest BCUT2D eigenvalue weighted by atomic mass is 9.77.